The largest absolute Gasteiger partial charge is 0.304 e. The molecule has 0 rings (SSSR count). The summed E-state index contributed by atoms with van der Waals surface area (Å²) in [6.45, 7) is 4.87. The molecule has 6 heteroatoms. The fourth-order valence-electron chi connectivity index (χ4n) is 0.896. The molecular weight excluding hydrogens is 194 g/mol. The average Bonchev–Trinajstić information content (AvgIpc) is 1.81. The minimum absolute atomic E-state index is 0.00403. The van der Waals surface area contributed by atoms with E-state index in [1.807, 2.05) is 0 Å². The third-order valence-electron chi connectivity index (χ3n) is 1.40. The number of rotatable bonds is 5. The minimum atomic E-state index is -4.10. The van der Waals surface area contributed by atoms with Gasteiger partial charge < -0.3 is 5.32 Å². The summed E-state index contributed by atoms with van der Waals surface area (Å²) in [4.78, 5) is 10.9. The van der Waals surface area contributed by atoms with Crippen LogP contribution in [-0.2, 0) is 14.9 Å². The molecule has 0 aromatic rings. The lowest BCUT2D eigenvalue weighted by Gasteiger charge is -2.16. The zero-order chi connectivity index (χ0) is 10.6. The van der Waals surface area contributed by atoms with Crippen LogP contribution in [-0.4, -0.2) is 36.6 Å². The van der Waals surface area contributed by atoms with Gasteiger partial charge in [-0.15, -0.1) is 0 Å². The van der Waals surface area contributed by atoms with Crippen LogP contribution in [0.25, 0.3) is 0 Å². The molecule has 0 aliphatic rings. The summed E-state index contributed by atoms with van der Waals surface area (Å²) in [5, 5.41) is 2.75. The SMILES string of the molecule is CC(=O)[C@H](CS(=O)(=O)O)NC(C)C. The van der Waals surface area contributed by atoms with Crippen molar-refractivity contribution in [2.24, 2.45) is 0 Å². The normalized spacial score (nSPS) is 14.5. The molecule has 0 saturated carbocycles. The van der Waals surface area contributed by atoms with Gasteiger partial charge in [0.05, 0.1) is 11.8 Å². The molecule has 0 fully saturated rings. The van der Waals surface area contributed by atoms with Gasteiger partial charge in [-0.2, -0.15) is 8.42 Å². The molecule has 0 saturated heterocycles. The average molecular weight is 209 g/mol. The molecule has 2 N–H and O–H groups in total. The van der Waals surface area contributed by atoms with Crippen LogP contribution < -0.4 is 5.32 Å². The Balaban J connectivity index is 4.37. The van der Waals surface area contributed by atoms with Crippen LogP contribution in [0.2, 0.25) is 0 Å². The molecule has 0 aliphatic carbocycles. The quantitative estimate of drug-likeness (QED) is 0.614. The van der Waals surface area contributed by atoms with Crippen LogP contribution in [0, 0.1) is 0 Å². The Morgan fingerprint density at radius 1 is 1.46 bits per heavy atom. The van der Waals surface area contributed by atoms with E-state index < -0.39 is 21.9 Å². The fraction of sp³-hybridized carbons (Fsp3) is 0.857. The van der Waals surface area contributed by atoms with E-state index in [4.69, 9.17) is 4.55 Å². The number of carbonyl (C=O) groups is 1. The first-order chi connectivity index (χ1) is 5.72. The number of hydrogen-bond acceptors (Lipinski definition) is 4. The maximum atomic E-state index is 10.9. The highest BCUT2D eigenvalue weighted by molar-refractivity contribution is 7.85. The van der Waals surface area contributed by atoms with Gasteiger partial charge in [-0.25, -0.2) is 0 Å². The summed E-state index contributed by atoms with van der Waals surface area (Å²) >= 11 is 0. The van der Waals surface area contributed by atoms with E-state index in [0.29, 0.717) is 0 Å². The predicted molar refractivity (Wildman–Crippen MR) is 49.2 cm³/mol. The lowest BCUT2D eigenvalue weighted by molar-refractivity contribution is -0.118. The highest BCUT2D eigenvalue weighted by atomic mass is 32.2. The molecule has 0 amide bonds. The fourth-order valence-corrected chi connectivity index (χ4v) is 1.65. The smallest absolute Gasteiger partial charge is 0.266 e. The molecule has 0 unspecified atom stereocenters. The molecule has 78 valence electrons. The van der Waals surface area contributed by atoms with Crippen molar-refractivity contribution in [2.45, 2.75) is 32.9 Å². The molecule has 0 spiro atoms. The number of carbonyl (C=O) groups excluding carboxylic acids is 1. The highest BCUT2D eigenvalue weighted by Crippen LogP contribution is 1.94. The van der Waals surface area contributed by atoms with Crippen molar-refractivity contribution in [1.82, 2.24) is 5.32 Å². The second-order valence-corrected chi connectivity index (χ2v) is 4.73. The molecule has 13 heavy (non-hydrogen) atoms. The van der Waals surface area contributed by atoms with Crippen LogP contribution in [0.4, 0.5) is 0 Å². The standard InChI is InChI=1S/C7H15NO4S/c1-5(2)8-7(6(3)9)4-13(10,11)12/h5,7-8H,4H2,1-3H3,(H,10,11,12)/t7-/m0/s1. The molecule has 0 radical (unpaired) electrons. The van der Waals surface area contributed by atoms with E-state index in [2.05, 4.69) is 5.32 Å². The summed E-state index contributed by atoms with van der Waals surface area (Å²) in [5.74, 6) is -0.869. The third kappa shape index (κ3) is 6.68. The van der Waals surface area contributed by atoms with E-state index in [9.17, 15) is 13.2 Å². The van der Waals surface area contributed by atoms with Crippen LogP contribution >= 0.6 is 0 Å². The number of Topliss-reactive ketones (excluding diaryl/α,β-unsaturated/α-hetero) is 1. The second-order valence-electron chi connectivity index (χ2n) is 3.23. The van der Waals surface area contributed by atoms with Crippen molar-refractivity contribution >= 4 is 15.9 Å². The first-order valence-electron chi connectivity index (χ1n) is 3.94. The van der Waals surface area contributed by atoms with Crippen molar-refractivity contribution in [2.75, 3.05) is 5.75 Å². The summed E-state index contributed by atoms with van der Waals surface area (Å²) in [5.41, 5.74) is 0. The molecule has 0 heterocycles. The lowest BCUT2D eigenvalue weighted by atomic mass is 10.2. The summed E-state index contributed by atoms with van der Waals surface area (Å²) in [7, 11) is -4.10. The molecule has 0 bridgehead atoms. The number of ketones is 1. The lowest BCUT2D eigenvalue weighted by Crippen LogP contribution is -2.44. The van der Waals surface area contributed by atoms with Gasteiger partial charge in [-0.3, -0.25) is 9.35 Å². The van der Waals surface area contributed by atoms with Crippen molar-refractivity contribution in [3.63, 3.8) is 0 Å². The Kier molecular flexibility index (Phi) is 4.52. The highest BCUT2D eigenvalue weighted by Gasteiger charge is 2.21. The van der Waals surface area contributed by atoms with Crippen LogP contribution in [0.15, 0.2) is 0 Å². The summed E-state index contributed by atoms with van der Waals surface area (Å²) in [6.07, 6.45) is 0. The molecule has 0 aromatic carbocycles. The number of hydrogen-bond donors (Lipinski definition) is 2. The predicted octanol–water partition coefficient (Wildman–Crippen LogP) is -0.170. The van der Waals surface area contributed by atoms with E-state index in [1.54, 1.807) is 13.8 Å². The molecule has 1 atom stereocenters. The summed E-state index contributed by atoms with van der Waals surface area (Å²) < 4.78 is 29.5. The summed E-state index contributed by atoms with van der Waals surface area (Å²) in [6, 6.07) is -0.828. The van der Waals surface area contributed by atoms with Crippen molar-refractivity contribution in [1.29, 1.82) is 0 Å². The van der Waals surface area contributed by atoms with E-state index in [0.717, 1.165) is 0 Å². The first kappa shape index (κ1) is 12.5. The zero-order valence-corrected chi connectivity index (χ0v) is 8.76. The maximum absolute atomic E-state index is 10.9. The topological polar surface area (TPSA) is 83.5 Å². The molecule has 0 aromatic heterocycles. The van der Waals surface area contributed by atoms with Crippen molar-refractivity contribution < 1.29 is 17.8 Å². The van der Waals surface area contributed by atoms with Crippen molar-refractivity contribution in [3.8, 4) is 0 Å². The van der Waals surface area contributed by atoms with Gasteiger partial charge in [0, 0.05) is 6.04 Å². The van der Waals surface area contributed by atoms with Crippen LogP contribution in [0.5, 0.6) is 0 Å². The van der Waals surface area contributed by atoms with Gasteiger partial charge in [0.15, 0.2) is 0 Å². The van der Waals surface area contributed by atoms with E-state index in [-0.39, 0.29) is 11.8 Å². The minimum Gasteiger partial charge on any atom is -0.304 e. The first-order valence-corrected chi connectivity index (χ1v) is 5.55. The maximum Gasteiger partial charge on any atom is 0.266 e. The van der Waals surface area contributed by atoms with Gasteiger partial charge in [-0.1, -0.05) is 13.8 Å². The van der Waals surface area contributed by atoms with Crippen LogP contribution in [0.3, 0.4) is 0 Å². The Bertz CT molecular complexity index is 270. The zero-order valence-electron chi connectivity index (χ0n) is 7.94. The molecule has 0 aliphatic heterocycles. The Morgan fingerprint density at radius 2 is 1.92 bits per heavy atom. The van der Waals surface area contributed by atoms with Gasteiger partial charge >= 0.3 is 0 Å². The molecular formula is C7H15NO4S. The van der Waals surface area contributed by atoms with Crippen LogP contribution in [0.1, 0.15) is 20.8 Å². The monoisotopic (exact) mass is 209 g/mol. The van der Waals surface area contributed by atoms with E-state index in [1.165, 1.54) is 6.92 Å². The van der Waals surface area contributed by atoms with Gasteiger partial charge in [-0.05, 0) is 6.92 Å². The third-order valence-corrected chi connectivity index (χ3v) is 2.16. The Morgan fingerprint density at radius 3 is 2.15 bits per heavy atom. The van der Waals surface area contributed by atoms with E-state index >= 15 is 0 Å². The van der Waals surface area contributed by atoms with Gasteiger partial charge in [0.25, 0.3) is 10.1 Å². The number of nitrogens with one attached hydrogen (secondary N) is 1. The Hall–Kier alpha value is -0.460. The molecule has 5 nitrogen and oxygen atoms in total. The van der Waals surface area contributed by atoms with Gasteiger partial charge in [0.1, 0.15) is 5.78 Å². The van der Waals surface area contributed by atoms with Crippen molar-refractivity contribution in [3.05, 3.63) is 0 Å². The Labute approximate surface area is 78.3 Å². The van der Waals surface area contributed by atoms with Gasteiger partial charge in [0.2, 0.25) is 0 Å². The second kappa shape index (κ2) is 4.69.